The summed E-state index contributed by atoms with van der Waals surface area (Å²) in [4.78, 5) is 2.50. The van der Waals surface area contributed by atoms with Gasteiger partial charge in [0.1, 0.15) is 0 Å². The summed E-state index contributed by atoms with van der Waals surface area (Å²) >= 11 is 0. The number of benzene rings is 1. The minimum Gasteiger partial charge on any atom is -0.372 e. The minimum atomic E-state index is 0.798. The zero-order valence-corrected chi connectivity index (χ0v) is 11.9. The van der Waals surface area contributed by atoms with Crippen molar-refractivity contribution >= 4 is 5.69 Å². The maximum atomic E-state index is 5.48. The molecule has 1 fully saturated rings. The topological polar surface area (TPSA) is 41.3 Å². The Morgan fingerprint density at radius 1 is 1.00 bits per heavy atom. The van der Waals surface area contributed by atoms with Gasteiger partial charge in [-0.1, -0.05) is 12.1 Å². The Hall–Kier alpha value is -1.06. The highest BCUT2D eigenvalue weighted by molar-refractivity contribution is 5.47. The monoisotopic (exact) mass is 261 g/mol. The second-order valence-electron chi connectivity index (χ2n) is 5.39. The minimum absolute atomic E-state index is 0.798. The molecule has 1 aromatic carbocycles. The number of anilines is 1. The lowest BCUT2D eigenvalue weighted by molar-refractivity contribution is 0.577. The van der Waals surface area contributed by atoms with Crippen molar-refractivity contribution in [1.82, 2.24) is 5.32 Å². The summed E-state index contributed by atoms with van der Waals surface area (Å²) in [5.74, 6) is 0. The molecule has 1 aliphatic heterocycles. The zero-order valence-electron chi connectivity index (χ0n) is 11.9. The Bertz CT molecular complexity index is 342. The molecule has 0 aromatic heterocycles. The summed E-state index contributed by atoms with van der Waals surface area (Å²) in [6.45, 7) is 5.26. The largest absolute Gasteiger partial charge is 0.372 e. The van der Waals surface area contributed by atoms with Gasteiger partial charge in [-0.05, 0) is 62.9 Å². The van der Waals surface area contributed by atoms with Crippen LogP contribution in [0, 0.1) is 0 Å². The van der Waals surface area contributed by atoms with Gasteiger partial charge < -0.3 is 16.0 Å². The first-order valence-electron chi connectivity index (χ1n) is 7.65. The molecule has 0 aliphatic carbocycles. The fourth-order valence-corrected chi connectivity index (χ4v) is 2.60. The second kappa shape index (κ2) is 8.18. The van der Waals surface area contributed by atoms with E-state index in [2.05, 4.69) is 34.5 Å². The van der Waals surface area contributed by atoms with E-state index in [4.69, 9.17) is 5.73 Å². The van der Waals surface area contributed by atoms with E-state index in [1.165, 1.54) is 50.0 Å². The third-order valence-corrected chi connectivity index (χ3v) is 3.79. The van der Waals surface area contributed by atoms with Crippen molar-refractivity contribution in [3.8, 4) is 0 Å². The van der Waals surface area contributed by atoms with Crippen LogP contribution in [0.1, 0.15) is 37.7 Å². The van der Waals surface area contributed by atoms with Gasteiger partial charge in [0.2, 0.25) is 0 Å². The molecule has 0 spiro atoms. The smallest absolute Gasteiger partial charge is 0.0366 e. The van der Waals surface area contributed by atoms with Crippen LogP contribution in [-0.2, 0) is 6.54 Å². The molecule has 19 heavy (non-hydrogen) atoms. The Balaban J connectivity index is 1.74. The summed E-state index contributed by atoms with van der Waals surface area (Å²) in [6, 6.07) is 9.03. The molecular formula is C16H27N3. The predicted octanol–water partition coefficient (Wildman–Crippen LogP) is 2.51. The van der Waals surface area contributed by atoms with Crippen LogP contribution in [0.5, 0.6) is 0 Å². The van der Waals surface area contributed by atoms with Gasteiger partial charge in [0.05, 0.1) is 0 Å². The van der Waals surface area contributed by atoms with E-state index in [-0.39, 0.29) is 0 Å². The first-order chi connectivity index (χ1) is 9.40. The molecule has 1 heterocycles. The first kappa shape index (κ1) is 14.4. The van der Waals surface area contributed by atoms with E-state index in [0.717, 1.165) is 26.1 Å². The van der Waals surface area contributed by atoms with E-state index < -0.39 is 0 Å². The van der Waals surface area contributed by atoms with Crippen LogP contribution >= 0.6 is 0 Å². The molecule has 1 aliphatic rings. The predicted molar refractivity (Wildman–Crippen MR) is 82.5 cm³/mol. The van der Waals surface area contributed by atoms with Crippen molar-refractivity contribution in [2.45, 2.75) is 38.6 Å². The zero-order chi connectivity index (χ0) is 13.3. The molecule has 1 aromatic rings. The number of hydrogen-bond donors (Lipinski definition) is 2. The molecule has 0 bridgehead atoms. The number of hydrogen-bond acceptors (Lipinski definition) is 3. The summed E-state index contributed by atoms with van der Waals surface area (Å²) in [5, 5.41) is 3.47. The van der Waals surface area contributed by atoms with Crippen molar-refractivity contribution in [2.24, 2.45) is 5.73 Å². The van der Waals surface area contributed by atoms with Crippen LogP contribution in [-0.4, -0.2) is 26.2 Å². The normalized spacial score (nSPS) is 15.7. The van der Waals surface area contributed by atoms with Gasteiger partial charge in [-0.2, -0.15) is 0 Å². The highest BCUT2D eigenvalue weighted by Crippen LogP contribution is 2.20. The highest BCUT2D eigenvalue weighted by atomic mass is 15.1. The third-order valence-electron chi connectivity index (χ3n) is 3.79. The van der Waals surface area contributed by atoms with E-state index in [9.17, 15) is 0 Å². The Morgan fingerprint density at radius 2 is 1.74 bits per heavy atom. The molecule has 0 unspecified atom stereocenters. The van der Waals surface area contributed by atoms with Crippen molar-refractivity contribution < 1.29 is 0 Å². The number of piperidine rings is 1. The van der Waals surface area contributed by atoms with Crippen LogP contribution in [0.4, 0.5) is 5.69 Å². The summed E-state index contributed by atoms with van der Waals surface area (Å²) in [5.41, 5.74) is 8.23. The Morgan fingerprint density at radius 3 is 2.42 bits per heavy atom. The molecular weight excluding hydrogens is 234 g/mol. The lowest BCUT2D eigenvalue weighted by atomic mass is 10.1. The summed E-state index contributed by atoms with van der Waals surface area (Å²) in [7, 11) is 0. The van der Waals surface area contributed by atoms with Gasteiger partial charge in [-0.3, -0.25) is 0 Å². The molecule has 1 saturated heterocycles. The van der Waals surface area contributed by atoms with Crippen molar-refractivity contribution in [1.29, 1.82) is 0 Å². The van der Waals surface area contributed by atoms with Crippen LogP contribution in [0.25, 0.3) is 0 Å². The SMILES string of the molecule is NCCCCNCc1ccc(N2CCCCC2)cc1. The molecule has 0 amide bonds. The summed E-state index contributed by atoms with van der Waals surface area (Å²) < 4.78 is 0. The van der Waals surface area contributed by atoms with Gasteiger partial charge in [0.25, 0.3) is 0 Å². The second-order valence-corrected chi connectivity index (χ2v) is 5.39. The molecule has 0 radical (unpaired) electrons. The molecule has 3 N–H and O–H groups in total. The molecule has 0 atom stereocenters. The summed E-state index contributed by atoms with van der Waals surface area (Å²) in [6.07, 6.45) is 6.35. The van der Waals surface area contributed by atoms with Crippen molar-refractivity contribution in [2.75, 3.05) is 31.1 Å². The number of nitrogens with zero attached hydrogens (tertiary/aromatic N) is 1. The number of nitrogens with one attached hydrogen (secondary N) is 1. The van der Waals surface area contributed by atoms with Gasteiger partial charge in [0, 0.05) is 25.3 Å². The van der Waals surface area contributed by atoms with Crippen LogP contribution < -0.4 is 16.0 Å². The third kappa shape index (κ3) is 4.84. The fourth-order valence-electron chi connectivity index (χ4n) is 2.60. The maximum absolute atomic E-state index is 5.48. The van der Waals surface area contributed by atoms with Gasteiger partial charge in [-0.15, -0.1) is 0 Å². The average Bonchev–Trinajstić information content (AvgIpc) is 2.49. The van der Waals surface area contributed by atoms with Crippen molar-refractivity contribution in [3.05, 3.63) is 29.8 Å². The van der Waals surface area contributed by atoms with Crippen LogP contribution in [0.15, 0.2) is 24.3 Å². The molecule has 0 saturated carbocycles. The van der Waals surface area contributed by atoms with Crippen LogP contribution in [0.3, 0.4) is 0 Å². The average molecular weight is 261 g/mol. The number of rotatable bonds is 7. The highest BCUT2D eigenvalue weighted by Gasteiger charge is 2.10. The van der Waals surface area contributed by atoms with E-state index in [1.807, 2.05) is 0 Å². The lowest BCUT2D eigenvalue weighted by Crippen LogP contribution is -2.29. The van der Waals surface area contributed by atoms with Gasteiger partial charge in [-0.25, -0.2) is 0 Å². The molecule has 106 valence electrons. The molecule has 3 heteroatoms. The fraction of sp³-hybridized carbons (Fsp3) is 0.625. The number of unbranched alkanes of at least 4 members (excludes halogenated alkanes) is 1. The maximum Gasteiger partial charge on any atom is 0.0366 e. The molecule has 3 nitrogen and oxygen atoms in total. The van der Waals surface area contributed by atoms with E-state index >= 15 is 0 Å². The standard InChI is InChI=1S/C16H27N3/c17-10-2-3-11-18-14-15-6-8-16(9-7-15)19-12-4-1-5-13-19/h6-9,18H,1-5,10-14,17H2. The lowest BCUT2D eigenvalue weighted by Gasteiger charge is -2.28. The molecule has 2 rings (SSSR count). The van der Waals surface area contributed by atoms with Crippen LogP contribution in [0.2, 0.25) is 0 Å². The number of nitrogens with two attached hydrogens (primary N) is 1. The van der Waals surface area contributed by atoms with E-state index in [1.54, 1.807) is 0 Å². The van der Waals surface area contributed by atoms with Gasteiger partial charge in [0.15, 0.2) is 0 Å². The van der Waals surface area contributed by atoms with Crippen molar-refractivity contribution in [3.63, 3.8) is 0 Å². The Kier molecular flexibility index (Phi) is 6.18. The van der Waals surface area contributed by atoms with E-state index in [0.29, 0.717) is 0 Å². The van der Waals surface area contributed by atoms with Gasteiger partial charge >= 0.3 is 0 Å². The first-order valence-corrected chi connectivity index (χ1v) is 7.65. The Labute approximate surface area is 117 Å². The quantitative estimate of drug-likeness (QED) is 0.741.